The van der Waals surface area contributed by atoms with Crippen LogP contribution in [0.1, 0.15) is 17.5 Å². The molecule has 0 atom stereocenters. The van der Waals surface area contributed by atoms with E-state index in [0.29, 0.717) is 36.1 Å². The standard InChI is InChI=1S/C12H15ClN6O3/c1-20-6-9-19-18-8(22-9)3-4-15-10-7(5-14)16-12(13)17-11(10)21-2/h5,14-15H,3-4,6H2,1-2H3. The largest absolute Gasteiger partial charge is 0.479 e. The molecule has 22 heavy (non-hydrogen) atoms. The van der Waals surface area contributed by atoms with E-state index < -0.39 is 0 Å². The lowest BCUT2D eigenvalue weighted by atomic mass is 10.3. The lowest BCUT2D eigenvalue weighted by Gasteiger charge is -2.11. The van der Waals surface area contributed by atoms with Gasteiger partial charge in [-0.3, -0.25) is 0 Å². The molecule has 118 valence electrons. The molecular weight excluding hydrogens is 312 g/mol. The summed E-state index contributed by atoms with van der Waals surface area (Å²) in [4.78, 5) is 7.91. The van der Waals surface area contributed by atoms with E-state index in [-0.39, 0.29) is 17.8 Å². The van der Waals surface area contributed by atoms with E-state index in [1.165, 1.54) is 7.11 Å². The summed E-state index contributed by atoms with van der Waals surface area (Å²) in [6, 6.07) is 0. The maximum Gasteiger partial charge on any atom is 0.242 e. The van der Waals surface area contributed by atoms with Gasteiger partial charge in [-0.05, 0) is 11.6 Å². The molecule has 0 spiro atoms. The van der Waals surface area contributed by atoms with Gasteiger partial charge in [0.05, 0.1) is 7.11 Å². The molecule has 10 heteroatoms. The Bertz CT molecular complexity index is 648. The third-order valence-electron chi connectivity index (χ3n) is 2.62. The van der Waals surface area contributed by atoms with Gasteiger partial charge in [0.1, 0.15) is 18.0 Å². The molecule has 2 heterocycles. The molecule has 0 aliphatic heterocycles. The van der Waals surface area contributed by atoms with Crippen LogP contribution in [0, 0.1) is 5.41 Å². The zero-order valence-electron chi connectivity index (χ0n) is 12.1. The average Bonchev–Trinajstić information content (AvgIpc) is 2.96. The number of nitrogens with zero attached hydrogens (tertiary/aromatic N) is 4. The van der Waals surface area contributed by atoms with E-state index in [0.717, 1.165) is 6.21 Å². The molecule has 2 aromatic heterocycles. The minimum Gasteiger partial charge on any atom is -0.479 e. The molecule has 0 aromatic carbocycles. The molecule has 2 rings (SSSR count). The van der Waals surface area contributed by atoms with Crippen molar-refractivity contribution in [1.82, 2.24) is 20.2 Å². The summed E-state index contributed by atoms with van der Waals surface area (Å²) >= 11 is 5.76. The van der Waals surface area contributed by atoms with E-state index in [1.54, 1.807) is 7.11 Å². The molecule has 2 N–H and O–H groups in total. The molecule has 0 unspecified atom stereocenters. The maximum absolute atomic E-state index is 7.38. The zero-order valence-corrected chi connectivity index (χ0v) is 12.8. The maximum atomic E-state index is 7.38. The second kappa shape index (κ2) is 7.66. The third kappa shape index (κ3) is 3.89. The molecule has 0 aliphatic carbocycles. The Labute approximate surface area is 131 Å². The van der Waals surface area contributed by atoms with Gasteiger partial charge in [-0.15, -0.1) is 10.2 Å². The number of hydrogen-bond donors (Lipinski definition) is 2. The van der Waals surface area contributed by atoms with Crippen molar-refractivity contribution in [2.75, 3.05) is 26.1 Å². The van der Waals surface area contributed by atoms with Crippen LogP contribution < -0.4 is 10.1 Å². The second-order valence-electron chi connectivity index (χ2n) is 4.11. The molecule has 0 saturated carbocycles. The predicted molar refractivity (Wildman–Crippen MR) is 78.7 cm³/mol. The molecule has 2 aromatic rings. The summed E-state index contributed by atoms with van der Waals surface area (Å²) < 4.78 is 15.4. The van der Waals surface area contributed by atoms with Crippen LogP contribution in [0.3, 0.4) is 0 Å². The van der Waals surface area contributed by atoms with Crippen LogP contribution in [0.25, 0.3) is 0 Å². The van der Waals surface area contributed by atoms with Gasteiger partial charge in [0, 0.05) is 26.3 Å². The fourth-order valence-corrected chi connectivity index (χ4v) is 1.88. The second-order valence-corrected chi connectivity index (χ2v) is 4.44. The fraction of sp³-hybridized carbons (Fsp3) is 0.417. The Kier molecular flexibility index (Phi) is 5.61. The number of ether oxygens (including phenoxy) is 2. The Morgan fingerprint density at radius 3 is 2.73 bits per heavy atom. The van der Waals surface area contributed by atoms with Crippen molar-refractivity contribution in [3.63, 3.8) is 0 Å². The van der Waals surface area contributed by atoms with Crippen molar-refractivity contribution in [2.45, 2.75) is 13.0 Å². The van der Waals surface area contributed by atoms with Crippen LogP contribution >= 0.6 is 11.6 Å². The molecule has 0 radical (unpaired) electrons. The van der Waals surface area contributed by atoms with Crippen molar-refractivity contribution in [3.8, 4) is 5.88 Å². The van der Waals surface area contributed by atoms with Gasteiger partial charge in [0.15, 0.2) is 0 Å². The van der Waals surface area contributed by atoms with Gasteiger partial charge in [-0.2, -0.15) is 4.98 Å². The summed E-state index contributed by atoms with van der Waals surface area (Å²) in [6.07, 6.45) is 1.56. The lowest BCUT2D eigenvalue weighted by Crippen LogP contribution is -2.11. The number of methoxy groups -OCH3 is 2. The van der Waals surface area contributed by atoms with E-state index in [1.807, 2.05) is 0 Å². The monoisotopic (exact) mass is 326 g/mol. The molecule has 0 aliphatic rings. The normalized spacial score (nSPS) is 10.5. The summed E-state index contributed by atoms with van der Waals surface area (Å²) in [7, 11) is 3.02. The number of halogens is 1. The van der Waals surface area contributed by atoms with Crippen molar-refractivity contribution in [2.24, 2.45) is 0 Å². The summed E-state index contributed by atoms with van der Waals surface area (Å²) in [6.45, 7) is 0.744. The quantitative estimate of drug-likeness (QED) is 0.550. The number of nitrogens with one attached hydrogen (secondary N) is 2. The van der Waals surface area contributed by atoms with Gasteiger partial charge < -0.3 is 24.6 Å². The lowest BCUT2D eigenvalue weighted by molar-refractivity contribution is 0.158. The van der Waals surface area contributed by atoms with E-state index in [4.69, 9.17) is 30.9 Å². The predicted octanol–water partition coefficient (Wildman–Crippen LogP) is 1.32. The van der Waals surface area contributed by atoms with E-state index in [9.17, 15) is 0 Å². The highest BCUT2D eigenvalue weighted by atomic mass is 35.5. The Hall–Kier alpha value is -2.26. The smallest absolute Gasteiger partial charge is 0.242 e. The van der Waals surface area contributed by atoms with Crippen molar-refractivity contribution in [1.29, 1.82) is 5.41 Å². The summed E-state index contributed by atoms with van der Waals surface area (Å²) in [5.41, 5.74) is 0.820. The third-order valence-corrected chi connectivity index (χ3v) is 2.79. The number of rotatable bonds is 8. The van der Waals surface area contributed by atoms with Crippen molar-refractivity contribution >= 4 is 23.5 Å². The molecule has 9 nitrogen and oxygen atoms in total. The number of anilines is 1. The highest BCUT2D eigenvalue weighted by Gasteiger charge is 2.13. The van der Waals surface area contributed by atoms with Gasteiger partial charge in [-0.1, -0.05) is 0 Å². The Balaban J connectivity index is 2.02. The van der Waals surface area contributed by atoms with Crippen LogP contribution in [-0.2, 0) is 17.8 Å². The van der Waals surface area contributed by atoms with Crippen molar-refractivity contribution in [3.05, 3.63) is 22.8 Å². The van der Waals surface area contributed by atoms with E-state index >= 15 is 0 Å². The average molecular weight is 327 g/mol. The summed E-state index contributed by atoms with van der Waals surface area (Å²) in [5.74, 6) is 1.17. The summed E-state index contributed by atoms with van der Waals surface area (Å²) in [5, 5.41) is 18.2. The highest BCUT2D eigenvalue weighted by Crippen LogP contribution is 2.25. The minimum absolute atomic E-state index is 0.0157. The number of aromatic nitrogens is 4. The van der Waals surface area contributed by atoms with Gasteiger partial charge in [0.25, 0.3) is 0 Å². The number of hydrogen-bond acceptors (Lipinski definition) is 9. The van der Waals surface area contributed by atoms with Crippen LogP contribution in [0.5, 0.6) is 5.88 Å². The topological polar surface area (TPSA) is 119 Å². The van der Waals surface area contributed by atoms with Gasteiger partial charge in [-0.25, -0.2) is 4.98 Å². The van der Waals surface area contributed by atoms with Crippen LogP contribution in [-0.4, -0.2) is 47.1 Å². The highest BCUT2D eigenvalue weighted by molar-refractivity contribution is 6.28. The SMILES string of the molecule is COCc1nnc(CCNc2c(C=N)nc(Cl)nc2OC)o1. The van der Waals surface area contributed by atoms with E-state index in [2.05, 4.69) is 25.5 Å². The first kappa shape index (κ1) is 16.1. The molecule has 0 bridgehead atoms. The van der Waals surface area contributed by atoms with Crippen LogP contribution in [0.2, 0.25) is 5.28 Å². The van der Waals surface area contributed by atoms with Gasteiger partial charge >= 0.3 is 0 Å². The Morgan fingerprint density at radius 1 is 1.27 bits per heavy atom. The first-order chi connectivity index (χ1) is 10.7. The molecule has 0 saturated heterocycles. The zero-order chi connectivity index (χ0) is 15.9. The first-order valence-corrected chi connectivity index (χ1v) is 6.71. The molecule has 0 fully saturated rings. The molecular formula is C12H15ClN6O3. The van der Waals surface area contributed by atoms with Crippen molar-refractivity contribution < 1.29 is 13.9 Å². The Morgan fingerprint density at radius 2 is 2.05 bits per heavy atom. The van der Waals surface area contributed by atoms with Crippen LogP contribution in [0.4, 0.5) is 5.69 Å². The molecule has 0 amide bonds. The fourth-order valence-electron chi connectivity index (χ4n) is 1.71. The first-order valence-electron chi connectivity index (χ1n) is 6.34. The van der Waals surface area contributed by atoms with Crippen LogP contribution in [0.15, 0.2) is 4.42 Å². The minimum atomic E-state index is 0.0157. The van der Waals surface area contributed by atoms with Gasteiger partial charge in [0.2, 0.25) is 22.9 Å².